The first kappa shape index (κ1) is 16.4. The fourth-order valence-corrected chi connectivity index (χ4v) is 3.42. The summed E-state index contributed by atoms with van der Waals surface area (Å²) in [5, 5.41) is 0. The van der Waals surface area contributed by atoms with Crippen molar-refractivity contribution < 1.29 is 18.4 Å². The molecular weight excluding hydrogens is 272 g/mol. The average Bonchev–Trinajstić information content (AvgIpc) is 2.26. The summed E-state index contributed by atoms with van der Waals surface area (Å²) >= 11 is 0. The van der Waals surface area contributed by atoms with E-state index in [1.54, 1.807) is 0 Å². The predicted molar refractivity (Wildman–Crippen MR) is 79.5 cm³/mol. The Morgan fingerprint density at radius 1 is 1.00 bits per heavy atom. The molecule has 0 aliphatic rings. The molecule has 0 amide bonds. The Morgan fingerprint density at radius 3 is 1.80 bits per heavy atom. The van der Waals surface area contributed by atoms with Crippen molar-refractivity contribution in [3.05, 3.63) is 35.4 Å². The van der Waals surface area contributed by atoms with Gasteiger partial charge in [-0.1, -0.05) is 45.0 Å². The Labute approximate surface area is 121 Å². The monoisotopic (exact) mass is 294 g/mol. The second kappa shape index (κ2) is 6.70. The topological polar surface area (TPSA) is 52.6 Å². The number of benzene rings is 1. The fourth-order valence-electron chi connectivity index (χ4n) is 1.81. The Kier molecular flexibility index (Phi) is 5.50. The standard InChI is InChI=1S/C15H22O4Si/c1-11(16)18-20(19-12(2)17)10-13-6-8-14(9-7-13)15(3,4)5/h6-9,20H,10H2,1-5H3. The van der Waals surface area contributed by atoms with Gasteiger partial charge in [0.15, 0.2) is 0 Å². The van der Waals surface area contributed by atoms with Gasteiger partial charge in [-0.05, 0) is 16.5 Å². The minimum Gasteiger partial charge on any atom is -0.487 e. The van der Waals surface area contributed by atoms with Crippen molar-refractivity contribution >= 4 is 21.2 Å². The highest BCUT2D eigenvalue weighted by molar-refractivity contribution is 6.48. The van der Waals surface area contributed by atoms with E-state index in [4.69, 9.17) is 8.85 Å². The molecular formula is C15H22O4Si. The molecule has 20 heavy (non-hydrogen) atoms. The van der Waals surface area contributed by atoms with Crippen molar-refractivity contribution in [2.75, 3.05) is 0 Å². The number of hydrogen-bond acceptors (Lipinski definition) is 4. The Bertz CT molecular complexity index is 458. The maximum atomic E-state index is 11.0. The molecule has 0 radical (unpaired) electrons. The molecule has 1 aromatic carbocycles. The highest BCUT2D eigenvalue weighted by atomic mass is 28.3. The third-order valence-corrected chi connectivity index (χ3v) is 4.81. The summed E-state index contributed by atoms with van der Waals surface area (Å²) in [4.78, 5) is 22.1. The van der Waals surface area contributed by atoms with Gasteiger partial charge in [-0.25, -0.2) is 0 Å². The van der Waals surface area contributed by atoms with Crippen LogP contribution in [0.2, 0.25) is 0 Å². The van der Waals surface area contributed by atoms with Gasteiger partial charge in [0.05, 0.1) is 0 Å². The second-order valence-corrected chi connectivity index (χ2v) is 7.54. The molecule has 1 aromatic rings. The Morgan fingerprint density at radius 2 is 1.45 bits per heavy atom. The molecule has 110 valence electrons. The van der Waals surface area contributed by atoms with Crippen LogP contribution < -0.4 is 0 Å². The summed E-state index contributed by atoms with van der Waals surface area (Å²) in [6, 6.07) is 8.59. The summed E-state index contributed by atoms with van der Waals surface area (Å²) in [5.74, 6) is -0.816. The third kappa shape index (κ3) is 5.57. The van der Waals surface area contributed by atoms with Crippen LogP contribution in [0.15, 0.2) is 24.3 Å². The van der Waals surface area contributed by atoms with Gasteiger partial charge >= 0.3 is 9.28 Å². The molecule has 0 fully saturated rings. The molecule has 0 heterocycles. The first-order chi connectivity index (χ1) is 9.18. The molecule has 0 aliphatic heterocycles. The first-order valence-electron chi connectivity index (χ1n) is 6.62. The normalized spacial score (nSPS) is 11.3. The van der Waals surface area contributed by atoms with Crippen LogP contribution in [0.1, 0.15) is 45.7 Å². The molecule has 4 nitrogen and oxygen atoms in total. The van der Waals surface area contributed by atoms with Gasteiger partial charge in [0.1, 0.15) is 0 Å². The van der Waals surface area contributed by atoms with E-state index in [1.165, 1.54) is 19.4 Å². The molecule has 1 rings (SSSR count). The number of carbonyl (C=O) groups is 2. The van der Waals surface area contributed by atoms with Crippen LogP contribution in [-0.2, 0) is 29.9 Å². The number of rotatable bonds is 4. The lowest BCUT2D eigenvalue weighted by atomic mass is 9.87. The fraction of sp³-hybridized carbons (Fsp3) is 0.467. The summed E-state index contributed by atoms with van der Waals surface area (Å²) in [7, 11) is -2.33. The number of hydrogen-bond donors (Lipinski definition) is 0. The molecule has 0 saturated carbocycles. The van der Waals surface area contributed by atoms with Crippen molar-refractivity contribution in [3.8, 4) is 0 Å². The van der Waals surface area contributed by atoms with Gasteiger partial charge in [-0.3, -0.25) is 9.59 Å². The van der Waals surface area contributed by atoms with Crippen LogP contribution >= 0.6 is 0 Å². The summed E-state index contributed by atoms with van der Waals surface area (Å²) in [6.07, 6.45) is 0. The highest BCUT2D eigenvalue weighted by Gasteiger charge is 2.21. The maximum absolute atomic E-state index is 11.0. The molecule has 5 heteroatoms. The van der Waals surface area contributed by atoms with E-state index >= 15 is 0 Å². The SMILES string of the molecule is CC(=O)O[SiH](Cc1ccc(C(C)(C)C)cc1)OC(C)=O. The van der Waals surface area contributed by atoms with Gasteiger partial charge in [0, 0.05) is 19.9 Å². The van der Waals surface area contributed by atoms with Crippen LogP contribution in [-0.4, -0.2) is 21.2 Å². The van der Waals surface area contributed by atoms with Crippen molar-refractivity contribution in [2.45, 2.75) is 46.1 Å². The lowest BCUT2D eigenvalue weighted by Gasteiger charge is -2.19. The second-order valence-electron chi connectivity index (χ2n) is 5.80. The number of carbonyl (C=O) groups excluding carboxylic acids is 2. The summed E-state index contributed by atoms with van der Waals surface area (Å²) in [6.45, 7) is 9.10. The predicted octanol–water partition coefficient (Wildman–Crippen LogP) is 2.41. The average molecular weight is 294 g/mol. The molecule has 0 unspecified atom stereocenters. The van der Waals surface area contributed by atoms with Gasteiger partial charge in [-0.2, -0.15) is 0 Å². The van der Waals surface area contributed by atoms with Gasteiger partial charge in [0.2, 0.25) is 0 Å². The van der Waals surface area contributed by atoms with Crippen molar-refractivity contribution in [1.29, 1.82) is 0 Å². The van der Waals surface area contributed by atoms with E-state index in [1.807, 2.05) is 12.1 Å². The van der Waals surface area contributed by atoms with Crippen molar-refractivity contribution in [1.82, 2.24) is 0 Å². The quantitative estimate of drug-likeness (QED) is 0.800. The third-order valence-electron chi connectivity index (χ3n) is 2.82. The Balaban J connectivity index is 2.78. The molecule has 0 saturated heterocycles. The van der Waals surface area contributed by atoms with Crippen LogP contribution in [0, 0.1) is 0 Å². The van der Waals surface area contributed by atoms with Crippen molar-refractivity contribution in [3.63, 3.8) is 0 Å². The zero-order valence-electron chi connectivity index (χ0n) is 12.7. The van der Waals surface area contributed by atoms with E-state index in [2.05, 4.69) is 32.9 Å². The van der Waals surface area contributed by atoms with E-state index in [0.717, 1.165) is 5.56 Å². The van der Waals surface area contributed by atoms with Gasteiger partial charge < -0.3 is 8.85 Å². The minimum absolute atomic E-state index is 0.0983. The molecule has 0 N–H and O–H groups in total. The minimum atomic E-state index is -2.33. The van der Waals surface area contributed by atoms with E-state index in [0.29, 0.717) is 6.04 Å². The van der Waals surface area contributed by atoms with Crippen LogP contribution in [0.25, 0.3) is 0 Å². The summed E-state index contributed by atoms with van der Waals surface area (Å²) < 4.78 is 10.2. The molecule has 0 aromatic heterocycles. The highest BCUT2D eigenvalue weighted by Crippen LogP contribution is 2.22. The van der Waals surface area contributed by atoms with E-state index < -0.39 is 21.2 Å². The first-order valence-corrected chi connectivity index (χ1v) is 8.38. The van der Waals surface area contributed by atoms with Gasteiger partial charge in [-0.15, -0.1) is 0 Å². The van der Waals surface area contributed by atoms with E-state index in [-0.39, 0.29) is 5.41 Å². The largest absolute Gasteiger partial charge is 0.487 e. The zero-order chi connectivity index (χ0) is 15.3. The van der Waals surface area contributed by atoms with Gasteiger partial charge in [0.25, 0.3) is 11.9 Å². The zero-order valence-corrected chi connectivity index (χ0v) is 13.9. The maximum Gasteiger partial charge on any atom is 0.452 e. The molecule has 0 atom stereocenters. The Hall–Kier alpha value is -1.62. The lowest BCUT2D eigenvalue weighted by Crippen LogP contribution is -2.30. The van der Waals surface area contributed by atoms with Crippen LogP contribution in [0.5, 0.6) is 0 Å². The van der Waals surface area contributed by atoms with Crippen LogP contribution in [0.3, 0.4) is 0 Å². The van der Waals surface area contributed by atoms with E-state index in [9.17, 15) is 9.59 Å². The lowest BCUT2D eigenvalue weighted by molar-refractivity contribution is -0.137. The smallest absolute Gasteiger partial charge is 0.452 e. The molecule has 0 bridgehead atoms. The van der Waals surface area contributed by atoms with Crippen molar-refractivity contribution in [2.24, 2.45) is 0 Å². The summed E-state index contributed by atoms with van der Waals surface area (Å²) in [5.41, 5.74) is 2.35. The molecule has 0 spiro atoms. The van der Waals surface area contributed by atoms with Crippen LogP contribution in [0.4, 0.5) is 0 Å². The molecule has 0 aliphatic carbocycles.